The van der Waals surface area contributed by atoms with E-state index in [0.29, 0.717) is 22.6 Å². The Bertz CT molecular complexity index is 1240. The van der Waals surface area contributed by atoms with Crippen molar-refractivity contribution >= 4 is 23.1 Å². The first-order chi connectivity index (χ1) is 14.9. The highest BCUT2D eigenvalue weighted by molar-refractivity contribution is 7.98. The monoisotopic (exact) mass is 429 g/mol. The first-order valence-electron chi connectivity index (χ1n) is 9.20. The Hall–Kier alpha value is -3.36. The fraction of sp³-hybridized carbons (Fsp3) is 0.0455. The number of thioether (sulfide) groups is 1. The van der Waals surface area contributed by atoms with Crippen LogP contribution in [0, 0.1) is 0 Å². The molecule has 0 bridgehead atoms. The summed E-state index contributed by atoms with van der Waals surface area (Å²) in [4.78, 5) is 9.24. The molecule has 0 aliphatic heterocycles. The van der Waals surface area contributed by atoms with E-state index in [1.165, 1.54) is 11.8 Å². The molecule has 0 N–H and O–H groups in total. The van der Waals surface area contributed by atoms with Gasteiger partial charge >= 0.3 is 0 Å². The Morgan fingerprint density at radius 1 is 0.767 bits per heavy atom. The minimum atomic E-state index is 0.494. The van der Waals surface area contributed by atoms with Gasteiger partial charge in [0.15, 0.2) is 5.82 Å². The van der Waals surface area contributed by atoms with Crippen molar-refractivity contribution < 1.29 is 4.52 Å². The molecule has 3 aromatic heterocycles. The van der Waals surface area contributed by atoms with Gasteiger partial charge in [0.25, 0.3) is 5.89 Å². The average Bonchev–Trinajstić information content (AvgIpc) is 3.51. The maximum atomic E-state index is 5.34. The van der Waals surface area contributed by atoms with Crippen molar-refractivity contribution in [2.75, 3.05) is 0 Å². The summed E-state index contributed by atoms with van der Waals surface area (Å²) in [5.74, 6) is 1.61. The Kier molecular flexibility index (Phi) is 5.32. The second kappa shape index (κ2) is 8.56. The summed E-state index contributed by atoms with van der Waals surface area (Å²) in [5, 5.41) is 17.4. The van der Waals surface area contributed by atoms with Crippen molar-refractivity contribution in [1.29, 1.82) is 0 Å². The minimum Gasteiger partial charge on any atom is -0.334 e. The van der Waals surface area contributed by atoms with Crippen molar-refractivity contribution in [3.63, 3.8) is 0 Å². The predicted molar refractivity (Wildman–Crippen MR) is 118 cm³/mol. The van der Waals surface area contributed by atoms with Gasteiger partial charge in [-0.1, -0.05) is 77.6 Å². The minimum absolute atomic E-state index is 0.494. The fourth-order valence-electron chi connectivity index (χ4n) is 2.91. The second-order valence-electron chi connectivity index (χ2n) is 6.34. The summed E-state index contributed by atoms with van der Waals surface area (Å²) >= 11 is 3.02. The topological polar surface area (TPSA) is 77.6 Å². The van der Waals surface area contributed by atoms with Gasteiger partial charge in [-0.15, -0.1) is 10.2 Å². The second-order valence-corrected chi connectivity index (χ2v) is 8.06. The van der Waals surface area contributed by atoms with Crippen molar-refractivity contribution in [2.45, 2.75) is 10.9 Å². The van der Waals surface area contributed by atoms with Gasteiger partial charge in [-0.3, -0.25) is 0 Å². The highest BCUT2D eigenvalue weighted by Crippen LogP contribution is 2.30. The summed E-state index contributed by atoms with van der Waals surface area (Å²) < 4.78 is 5.34. The molecular formula is C22H15N5OS2. The van der Waals surface area contributed by atoms with Gasteiger partial charge in [-0.25, -0.2) is 4.98 Å². The molecule has 5 rings (SSSR count). The number of nitrogens with zero attached hydrogens (tertiary/aromatic N) is 5. The average molecular weight is 430 g/mol. The fourth-order valence-corrected chi connectivity index (χ4v) is 4.16. The lowest BCUT2D eigenvalue weighted by Crippen LogP contribution is -1.99. The highest BCUT2D eigenvalue weighted by Gasteiger charge is 2.15. The zero-order valence-corrected chi connectivity index (χ0v) is 17.3. The lowest BCUT2D eigenvalue weighted by Gasteiger charge is -2.09. The molecule has 0 saturated heterocycles. The van der Waals surface area contributed by atoms with Crippen LogP contribution in [0.25, 0.3) is 34.0 Å². The summed E-state index contributed by atoms with van der Waals surface area (Å²) in [6.45, 7) is 0. The summed E-state index contributed by atoms with van der Waals surface area (Å²) in [5.41, 5.74) is 4.45. The van der Waals surface area contributed by atoms with Crippen LogP contribution in [0.3, 0.4) is 0 Å². The molecule has 0 aliphatic rings. The van der Waals surface area contributed by atoms with Crippen LogP contribution in [-0.2, 0) is 5.75 Å². The smallest absolute Gasteiger partial charge is 0.258 e. The summed E-state index contributed by atoms with van der Waals surface area (Å²) in [7, 11) is 0. The van der Waals surface area contributed by atoms with Crippen LogP contribution in [0.4, 0.5) is 0 Å². The third-order valence-corrected chi connectivity index (χ3v) is 5.85. The first kappa shape index (κ1) is 18.7. The SMILES string of the molecule is c1ccc(-c2nnc(SCc3noc(-c4ccsc4)n3)nc2-c2ccccc2)cc1. The first-order valence-corrected chi connectivity index (χ1v) is 11.1. The van der Waals surface area contributed by atoms with Crippen LogP contribution >= 0.6 is 23.1 Å². The number of rotatable bonds is 6. The van der Waals surface area contributed by atoms with Crippen molar-refractivity contribution in [3.8, 4) is 34.0 Å². The molecule has 146 valence electrons. The van der Waals surface area contributed by atoms with Crippen molar-refractivity contribution in [2.24, 2.45) is 0 Å². The van der Waals surface area contributed by atoms with Crippen LogP contribution in [0.2, 0.25) is 0 Å². The molecule has 0 aliphatic carbocycles. The predicted octanol–water partition coefficient (Wildman–Crippen LogP) is 5.61. The summed E-state index contributed by atoms with van der Waals surface area (Å²) in [6, 6.07) is 21.9. The van der Waals surface area contributed by atoms with E-state index in [1.54, 1.807) is 11.3 Å². The molecule has 0 unspecified atom stereocenters. The zero-order chi connectivity index (χ0) is 20.2. The molecule has 0 spiro atoms. The van der Waals surface area contributed by atoms with E-state index < -0.39 is 0 Å². The lowest BCUT2D eigenvalue weighted by molar-refractivity contribution is 0.425. The van der Waals surface area contributed by atoms with Gasteiger partial charge < -0.3 is 4.52 Å². The highest BCUT2D eigenvalue weighted by atomic mass is 32.2. The van der Waals surface area contributed by atoms with Gasteiger partial charge in [0.05, 0.1) is 11.3 Å². The molecule has 6 nitrogen and oxygen atoms in total. The molecule has 2 aromatic carbocycles. The molecule has 30 heavy (non-hydrogen) atoms. The third-order valence-electron chi connectivity index (χ3n) is 4.33. The van der Waals surface area contributed by atoms with Gasteiger partial charge in [-0.2, -0.15) is 16.3 Å². The lowest BCUT2D eigenvalue weighted by atomic mass is 10.0. The number of benzene rings is 2. The molecule has 3 heterocycles. The molecule has 0 amide bonds. The summed E-state index contributed by atoms with van der Waals surface area (Å²) in [6.07, 6.45) is 0. The standard InChI is InChI=1S/C22H15N5OS2/c1-3-7-15(8-4-1)19-20(16-9-5-2-6-10-16)25-26-22(24-19)30-14-18-23-21(28-27-18)17-11-12-29-13-17/h1-13H,14H2. The number of hydrogen-bond acceptors (Lipinski definition) is 8. The van der Waals surface area contributed by atoms with Crippen LogP contribution < -0.4 is 0 Å². The number of hydrogen-bond donors (Lipinski definition) is 0. The maximum absolute atomic E-state index is 5.34. The normalized spacial score (nSPS) is 10.9. The zero-order valence-electron chi connectivity index (χ0n) is 15.7. The Morgan fingerprint density at radius 2 is 1.50 bits per heavy atom. The van der Waals surface area contributed by atoms with Crippen LogP contribution in [0.15, 0.2) is 87.2 Å². The maximum Gasteiger partial charge on any atom is 0.258 e. The molecule has 0 saturated carbocycles. The molecule has 5 aromatic rings. The Morgan fingerprint density at radius 3 is 2.20 bits per heavy atom. The van der Waals surface area contributed by atoms with Crippen LogP contribution in [0.5, 0.6) is 0 Å². The van der Waals surface area contributed by atoms with E-state index in [4.69, 9.17) is 9.51 Å². The van der Waals surface area contributed by atoms with Crippen molar-refractivity contribution in [1.82, 2.24) is 25.3 Å². The Labute approximate surface area is 181 Å². The molecular weight excluding hydrogens is 414 g/mol. The van der Waals surface area contributed by atoms with Crippen molar-refractivity contribution in [3.05, 3.63) is 83.3 Å². The van der Waals surface area contributed by atoms with E-state index in [1.807, 2.05) is 77.5 Å². The third kappa shape index (κ3) is 4.00. The van der Waals surface area contributed by atoms with E-state index in [-0.39, 0.29) is 0 Å². The molecule has 8 heteroatoms. The largest absolute Gasteiger partial charge is 0.334 e. The molecule has 0 radical (unpaired) electrons. The molecule has 0 fully saturated rings. The van der Waals surface area contributed by atoms with E-state index in [9.17, 15) is 0 Å². The van der Waals surface area contributed by atoms with Gasteiger partial charge in [0, 0.05) is 16.5 Å². The quantitative estimate of drug-likeness (QED) is 0.325. The Balaban J connectivity index is 1.42. The number of thiophene rings is 1. The van der Waals surface area contributed by atoms with Gasteiger partial charge in [0.2, 0.25) is 5.16 Å². The van der Waals surface area contributed by atoms with Gasteiger partial charge in [0.1, 0.15) is 11.4 Å². The van der Waals surface area contributed by atoms with E-state index >= 15 is 0 Å². The molecule has 0 atom stereocenters. The van der Waals surface area contributed by atoms with E-state index in [0.717, 1.165) is 28.1 Å². The van der Waals surface area contributed by atoms with Gasteiger partial charge in [-0.05, 0) is 11.4 Å². The van der Waals surface area contributed by atoms with E-state index in [2.05, 4.69) is 20.3 Å². The number of aromatic nitrogens is 5. The van der Waals surface area contributed by atoms with Crippen LogP contribution in [0.1, 0.15) is 5.82 Å². The van der Waals surface area contributed by atoms with Crippen LogP contribution in [-0.4, -0.2) is 25.3 Å².